The van der Waals surface area contributed by atoms with Gasteiger partial charge in [0.05, 0.1) is 19.8 Å². The number of fused-ring (bicyclic) bond motifs is 2. The Labute approximate surface area is 362 Å². The van der Waals surface area contributed by atoms with Crippen LogP contribution in [0.5, 0.6) is 11.5 Å². The Kier molecular flexibility index (Phi) is 11.3. The summed E-state index contributed by atoms with van der Waals surface area (Å²) in [4.78, 5) is 4.46. The van der Waals surface area contributed by atoms with Crippen LogP contribution in [0.4, 0.5) is 34.1 Å². The van der Waals surface area contributed by atoms with E-state index >= 15 is 0 Å². The number of para-hydroxylation sites is 2. The molecule has 0 aliphatic rings. The molecule has 62 heavy (non-hydrogen) atoms. The fourth-order valence-electron chi connectivity index (χ4n) is 7.85. The molecule has 0 aliphatic carbocycles. The molecule has 9 aromatic rings. The van der Waals surface area contributed by atoms with Crippen LogP contribution in [-0.2, 0) is 0 Å². The summed E-state index contributed by atoms with van der Waals surface area (Å²) in [5, 5.41) is 14.4. The average Bonchev–Trinajstić information content (AvgIpc) is 3.34. The van der Waals surface area contributed by atoms with E-state index in [9.17, 15) is 5.26 Å². The summed E-state index contributed by atoms with van der Waals surface area (Å²) in [7, 11) is 3.36. The Bertz CT molecular complexity index is 3060. The second-order valence-electron chi connectivity index (χ2n) is 14.9. The molecule has 0 saturated heterocycles. The number of methoxy groups -OCH3 is 2. The maximum atomic E-state index is 10.4. The molecule has 9 aromatic carbocycles. The monoisotopic (exact) mass is 801 g/mol. The summed E-state index contributed by atoms with van der Waals surface area (Å²) in [6.45, 7) is 0. The number of ether oxygens (including phenoxy) is 2. The summed E-state index contributed by atoms with van der Waals surface area (Å²) in [5.74, 6) is 1.64. The van der Waals surface area contributed by atoms with Crippen LogP contribution in [0.25, 0.3) is 45.8 Å². The predicted octanol–water partition coefficient (Wildman–Crippen LogP) is 15.2. The summed E-state index contributed by atoms with van der Waals surface area (Å²) in [6, 6.07) is 71.4. The number of nitriles is 1. The maximum Gasteiger partial charge on any atom is 0.119 e. The average molecular weight is 802 g/mol. The molecule has 0 bridgehead atoms. The van der Waals surface area contributed by atoms with Gasteiger partial charge >= 0.3 is 0 Å². The highest BCUT2D eigenvalue weighted by Gasteiger charge is 2.14. The van der Waals surface area contributed by atoms with E-state index in [2.05, 4.69) is 204 Å². The Morgan fingerprint density at radius 2 is 0.758 bits per heavy atom. The Balaban J connectivity index is 0.931. The molecular formula is C57H43N3O2. The molecule has 298 valence electrons. The lowest BCUT2D eigenvalue weighted by molar-refractivity contribution is 0.414. The van der Waals surface area contributed by atoms with Crippen molar-refractivity contribution in [3.8, 4) is 17.6 Å². The van der Waals surface area contributed by atoms with Gasteiger partial charge in [-0.05, 0) is 148 Å². The lowest BCUT2D eigenvalue weighted by Gasteiger charge is -2.25. The van der Waals surface area contributed by atoms with Crippen molar-refractivity contribution in [1.82, 2.24) is 0 Å². The predicted molar refractivity (Wildman–Crippen MR) is 259 cm³/mol. The second-order valence-corrected chi connectivity index (χ2v) is 14.9. The van der Waals surface area contributed by atoms with Gasteiger partial charge in [-0.3, -0.25) is 0 Å². The minimum absolute atomic E-state index is 0.683. The summed E-state index contributed by atoms with van der Waals surface area (Å²) >= 11 is 0. The zero-order chi connectivity index (χ0) is 42.3. The molecule has 0 saturated carbocycles. The third-order valence-electron chi connectivity index (χ3n) is 11.0. The van der Waals surface area contributed by atoms with Crippen molar-refractivity contribution in [3.05, 3.63) is 228 Å². The highest BCUT2D eigenvalue weighted by molar-refractivity contribution is 6.05. The highest BCUT2D eigenvalue weighted by atomic mass is 16.5. The van der Waals surface area contributed by atoms with Gasteiger partial charge in [0.25, 0.3) is 0 Å². The molecule has 0 heterocycles. The topological polar surface area (TPSA) is 48.7 Å². The molecule has 0 atom stereocenters. The van der Waals surface area contributed by atoms with Crippen molar-refractivity contribution in [2.45, 2.75) is 0 Å². The van der Waals surface area contributed by atoms with E-state index in [0.29, 0.717) is 5.56 Å². The third kappa shape index (κ3) is 8.40. The van der Waals surface area contributed by atoms with Gasteiger partial charge in [-0.25, -0.2) is 0 Å². The molecule has 0 unspecified atom stereocenters. The van der Waals surface area contributed by atoms with Gasteiger partial charge in [-0.1, -0.05) is 109 Å². The number of hydrogen-bond donors (Lipinski definition) is 0. The van der Waals surface area contributed by atoms with Crippen LogP contribution < -0.4 is 19.3 Å². The van der Waals surface area contributed by atoms with E-state index in [1.165, 1.54) is 0 Å². The van der Waals surface area contributed by atoms with Gasteiger partial charge in [-0.2, -0.15) is 5.26 Å². The first-order valence-electron chi connectivity index (χ1n) is 20.5. The summed E-state index contributed by atoms with van der Waals surface area (Å²) in [6.07, 6.45) is 8.48. The molecule has 0 N–H and O–H groups in total. The normalized spacial score (nSPS) is 11.2. The van der Waals surface area contributed by atoms with E-state index in [1.807, 2.05) is 36.4 Å². The number of anilines is 6. The Morgan fingerprint density at radius 3 is 1.21 bits per heavy atom. The molecule has 0 aromatic heterocycles. The Hall–Kier alpha value is -8.33. The van der Waals surface area contributed by atoms with Crippen LogP contribution in [0, 0.1) is 11.3 Å². The van der Waals surface area contributed by atoms with Gasteiger partial charge in [0.2, 0.25) is 0 Å². The van der Waals surface area contributed by atoms with Gasteiger partial charge < -0.3 is 19.3 Å². The van der Waals surface area contributed by atoms with E-state index in [1.54, 1.807) is 14.2 Å². The van der Waals surface area contributed by atoms with Crippen molar-refractivity contribution in [2.75, 3.05) is 24.0 Å². The van der Waals surface area contributed by atoms with Gasteiger partial charge in [0.1, 0.15) is 17.6 Å². The van der Waals surface area contributed by atoms with Crippen LogP contribution in [-0.4, -0.2) is 14.2 Å². The quantitative estimate of drug-likeness (QED) is 0.0910. The van der Waals surface area contributed by atoms with Crippen molar-refractivity contribution in [3.63, 3.8) is 0 Å². The van der Waals surface area contributed by atoms with Crippen LogP contribution in [0.2, 0.25) is 0 Å². The number of nitrogens with zero attached hydrogens (tertiary/aromatic N) is 3. The summed E-state index contributed by atoms with van der Waals surface area (Å²) in [5.41, 5.74) is 11.3. The van der Waals surface area contributed by atoms with Crippen molar-refractivity contribution in [1.29, 1.82) is 5.26 Å². The number of hydrogen-bond acceptors (Lipinski definition) is 5. The minimum Gasteiger partial charge on any atom is -0.497 e. The molecular weight excluding hydrogens is 759 g/mol. The highest BCUT2D eigenvalue weighted by Crippen LogP contribution is 2.37. The van der Waals surface area contributed by atoms with Gasteiger partial charge in [-0.15, -0.1) is 0 Å². The van der Waals surface area contributed by atoms with Crippen LogP contribution >= 0.6 is 0 Å². The van der Waals surface area contributed by atoms with E-state index in [0.717, 1.165) is 89.4 Å². The first kappa shape index (κ1) is 39.1. The van der Waals surface area contributed by atoms with E-state index < -0.39 is 0 Å². The van der Waals surface area contributed by atoms with Crippen LogP contribution in [0.1, 0.15) is 27.8 Å². The smallest absolute Gasteiger partial charge is 0.119 e. The number of benzene rings is 9. The Morgan fingerprint density at radius 1 is 0.371 bits per heavy atom. The fraction of sp³-hybridized carbons (Fsp3) is 0.0351. The largest absolute Gasteiger partial charge is 0.497 e. The SMILES string of the molecule is COc1ccc(N(c2ccccc2)c2ccc(C=Cc3ccc4c(C#N)c5cc(C=Cc6ccc(N(c7ccccc7)c7ccc(OC)cc7)cc6)ccc5cc4c3)cc2)cc1. The molecule has 5 heteroatoms. The molecule has 0 amide bonds. The number of rotatable bonds is 12. The third-order valence-corrected chi connectivity index (χ3v) is 11.0. The second kappa shape index (κ2) is 17.9. The first-order chi connectivity index (χ1) is 30.6. The van der Waals surface area contributed by atoms with Gasteiger partial charge in [0, 0.05) is 44.9 Å². The van der Waals surface area contributed by atoms with Crippen molar-refractivity contribution >= 4 is 80.0 Å². The molecule has 0 fully saturated rings. The van der Waals surface area contributed by atoms with Crippen molar-refractivity contribution < 1.29 is 9.47 Å². The molecule has 9 rings (SSSR count). The molecule has 0 aliphatic heterocycles. The molecule has 0 radical (unpaired) electrons. The molecule has 0 spiro atoms. The van der Waals surface area contributed by atoms with E-state index in [-0.39, 0.29) is 0 Å². The lowest BCUT2D eigenvalue weighted by Crippen LogP contribution is -2.09. The lowest BCUT2D eigenvalue weighted by atomic mass is 9.94. The van der Waals surface area contributed by atoms with Crippen LogP contribution in [0.3, 0.4) is 0 Å². The first-order valence-corrected chi connectivity index (χ1v) is 20.5. The fourth-order valence-corrected chi connectivity index (χ4v) is 7.85. The zero-order valence-corrected chi connectivity index (χ0v) is 34.5. The van der Waals surface area contributed by atoms with Gasteiger partial charge in [0.15, 0.2) is 0 Å². The minimum atomic E-state index is 0.683. The van der Waals surface area contributed by atoms with Crippen LogP contribution in [0.15, 0.2) is 200 Å². The standard InChI is InChI=1S/C57H43N3O2/c1-61-53-32-28-51(29-33-53)59(47-9-5-3-6-10-47)49-24-18-41(19-25-49)13-15-43-22-36-55-46(37-43)39-45-23-17-44(38-56(45)57(55)40-58)16-14-42-20-26-50(27-21-42)60(48-11-7-4-8-12-48)52-30-34-54(62-2)35-31-52/h3-39H,1-2H3. The summed E-state index contributed by atoms with van der Waals surface area (Å²) < 4.78 is 10.8. The van der Waals surface area contributed by atoms with E-state index in [4.69, 9.17) is 9.47 Å². The zero-order valence-electron chi connectivity index (χ0n) is 34.5. The van der Waals surface area contributed by atoms with Crippen molar-refractivity contribution in [2.24, 2.45) is 0 Å². The maximum absolute atomic E-state index is 10.4. The molecule has 5 nitrogen and oxygen atoms in total.